The first kappa shape index (κ1) is 10.2. The summed E-state index contributed by atoms with van der Waals surface area (Å²) in [7, 11) is 1.92. The van der Waals surface area contributed by atoms with E-state index in [2.05, 4.69) is 11.2 Å². The Morgan fingerprint density at radius 2 is 2.40 bits per heavy atom. The summed E-state index contributed by atoms with van der Waals surface area (Å²) in [6.45, 7) is 2.80. The number of allylic oxidation sites excluding steroid dienone is 1. The van der Waals surface area contributed by atoms with Gasteiger partial charge in [0.15, 0.2) is 0 Å². The third kappa shape index (κ3) is 1.90. The molecule has 0 saturated carbocycles. The van der Waals surface area contributed by atoms with Crippen molar-refractivity contribution in [2.75, 3.05) is 6.61 Å². The van der Waals surface area contributed by atoms with Gasteiger partial charge in [-0.05, 0) is 25.8 Å². The van der Waals surface area contributed by atoms with E-state index < -0.39 is 0 Å². The lowest BCUT2D eigenvalue weighted by atomic mass is 10.0. The average Bonchev–Trinajstić information content (AvgIpc) is 2.60. The normalized spacial score (nSPS) is 18.2. The van der Waals surface area contributed by atoms with Gasteiger partial charge in [0.2, 0.25) is 0 Å². The van der Waals surface area contributed by atoms with Crippen molar-refractivity contribution in [1.82, 2.24) is 9.78 Å². The summed E-state index contributed by atoms with van der Waals surface area (Å²) >= 11 is 0. The van der Waals surface area contributed by atoms with Crippen molar-refractivity contribution in [2.45, 2.75) is 25.8 Å². The number of nitrogens with zero attached hydrogens (tertiary/aromatic N) is 2. The van der Waals surface area contributed by atoms with Crippen LogP contribution in [0.1, 0.15) is 30.1 Å². The van der Waals surface area contributed by atoms with Crippen LogP contribution in [0.5, 0.6) is 0 Å². The highest BCUT2D eigenvalue weighted by Crippen LogP contribution is 2.25. The molecule has 0 bridgehead atoms. The minimum absolute atomic E-state index is 0.168. The van der Waals surface area contributed by atoms with Gasteiger partial charge in [0.25, 0.3) is 0 Å². The van der Waals surface area contributed by atoms with E-state index in [1.54, 1.807) is 0 Å². The monoisotopic (exact) mass is 207 g/mol. The molecule has 1 aliphatic rings. The second kappa shape index (κ2) is 4.06. The summed E-state index contributed by atoms with van der Waals surface area (Å²) in [6, 6.07) is -0.168. The topological polar surface area (TPSA) is 53.1 Å². The predicted molar refractivity (Wildman–Crippen MR) is 58.1 cm³/mol. The molecule has 1 aliphatic heterocycles. The van der Waals surface area contributed by atoms with E-state index in [0.717, 1.165) is 36.5 Å². The highest BCUT2D eigenvalue weighted by molar-refractivity contribution is 5.27. The van der Waals surface area contributed by atoms with E-state index in [9.17, 15) is 0 Å². The quantitative estimate of drug-likeness (QED) is 0.798. The number of aromatic nitrogens is 2. The van der Waals surface area contributed by atoms with Gasteiger partial charge in [-0.2, -0.15) is 5.10 Å². The van der Waals surface area contributed by atoms with Crippen molar-refractivity contribution >= 4 is 0 Å². The molecule has 4 heteroatoms. The molecule has 82 valence electrons. The van der Waals surface area contributed by atoms with Crippen LogP contribution in [0, 0.1) is 6.92 Å². The van der Waals surface area contributed by atoms with E-state index in [0.29, 0.717) is 0 Å². The van der Waals surface area contributed by atoms with Crippen LogP contribution in [0.3, 0.4) is 0 Å². The Balaban J connectivity index is 2.23. The Bertz CT molecular complexity index is 381. The van der Waals surface area contributed by atoms with Crippen molar-refractivity contribution in [3.8, 4) is 0 Å². The molecule has 0 amide bonds. The second-order valence-electron chi connectivity index (χ2n) is 3.88. The highest BCUT2D eigenvalue weighted by Gasteiger charge is 2.19. The minimum atomic E-state index is -0.168. The summed E-state index contributed by atoms with van der Waals surface area (Å²) < 4.78 is 7.39. The smallest absolute Gasteiger partial charge is 0.113 e. The van der Waals surface area contributed by atoms with Gasteiger partial charge in [-0.15, -0.1) is 0 Å². The van der Waals surface area contributed by atoms with E-state index in [1.807, 2.05) is 24.9 Å². The summed E-state index contributed by atoms with van der Waals surface area (Å²) in [6.07, 6.45) is 6.05. The van der Waals surface area contributed by atoms with Gasteiger partial charge in [-0.3, -0.25) is 4.68 Å². The third-order valence-electron chi connectivity index (χ3n) is 2.88. The summed E-state index contributed by atoms with van der Waals surface area (Å²) in [5.41, 5.74) is 8.28. The molecule has 1 unspecified atom stereocenters. The lowest BCUT2D eigenvalue weighted by Crippen LogP contribution is -2.18. The van der Waals surface area contributed by atoms with Gasteiger partial charge in [-0.25, -0.2) is 0 Å². The van der Waals surface area contributed by atoms with Crippen LogP contribution in [0.2, 0.25) is 0 Å². The van der Waals surface area contributed by atoms with Crippen molar-refractivity contribution in [1.29, 1.82) is 0 Å². The third-order valence-corrected chi connectivity index (χ3v) is 2.88. The van der Waals surface area contributed by atoms with Gasteiger partial charge in [0, 0.05) is 18.3 Å². The fourth-order valence-corrected chi connectivity index (χ4v) is 1.77. The Morgan fingerprint density at radius 3 is 2.93 bits per heavy atom. The Labute approximate surface area is 89.7 Å². The van der Waals surface area contributed by atoms with Crippen LogP contribution in [-0.2, 0) is 11.8 Å². The lowest BCUT2D eigenvalue weighted by molar-refractivity contribution is 0.175. The maximum Gasteiger partial charge on any atom is 0.113 e. The molecule has 0 spiro atoms. The second-order valence-corrected chi connectivity index (χ2v) is 3.88. The Morgan fingerprint density at radius 1 is 1.60 bits per heavy atom. The van der Waals surface area contributed by atoms with Crippen LogP contribution in [0.15, 0.2) is 18.0 Å². The SMILES string of the molecule is Cc1c(C(N)C2=CCCCO2)cnn1C. The lowest BCUT2D eigenvalue weighted by Gasteiger charge is -2.20. The molecule has 0 aliphatic carbocycles. The molecular formula is C11H17N3O. The molecule has 2 rings (SSSR count). The fourth-order valence-electron chi connectivity index (χ4n) is 1.77. The zero-order valence-corrected chi connectivity index (χ0v) is 9.23. The summed E-state index contributed by atoms with van der Waals surface area (Å²) in [5, 5.41) is 4.19. The molecule has 1 atom stereocenters. The van der Waals surface area contributed by atoms with Crippen molar-refractivity contribution in [2.24, 2.45) is 12.8 Å². The van der Waals surface area contributed by atoms with Gasteiger partial charge in [-0.1, -0.05) is 0 Å². The van der Waals surface area contributed by atoms with Crippen molar-refractivity contribution in [3.63, 3.8) is 0 Å². The Kier molecular flexibility index (Phi) is 2.77. The summed E-state index contributed by atoms with van der Waals surface area (Å²) in [4.78, 5) is 0. The number of hydrogen-bond acceptors (Lipinski definition) is 3. The first-order valence-corrected chi connectivity index (χ1v) is 5.27. The molecule has 2 heterocycles. The maximum absolute atomic E-state index is 6.14. The van der Waals surface area contributed by atoms with Gasteiger partial charge >= 0.3 is 0 Å². The molecule has 1 aromatic heterocycles. The van der Waals surface area contributed by atoms with Gasteiger partial charge < -0.3 is 10.5 Å². The van der Waals surface area contributed by atoms with Gasteiger partial charge in [0.05, 0.1) is 18.8 Å². The highest BCUT2D eigenvalue weighted by atomic mass is 16.5. The van der Waals surface area contributed by atoms with E-state index >= 15 is 0 Å². The zero-order chi connectivity index (χ0) is 10.8. The molecular weight excluding hydrogens is 190 g/mol. The molecule has 0 aromatic carbocycles. The Hall–Kier alpha value is -1.29. The van der Waals surface area contributed by atoms with E-state index in [1.165, 1.54) is 0 Å². The zero-order valence-electron chi connectivity index (χ0n) is 9.23. The minimum Gasteiger partial charge on any atom is -0.496 e. The van der Waals surface area contributed by atoms with Crippen molar-refractivity contribution in [3.05, 3.63) is 29.3 Å². The van der Waals surface area contributed by atoms with Crippen molar-refractivity contribution < 1.29 is 4.74 Å². The standard InChI is InChI=1S/C11H17N3O/c1-8-9(7-13-14(8)2)11(12)10-5-3-4-6-15-10/h5,7,11H,3-4,6,12H2,1-2H3. The molecule has 0 saturated heterocycles. The van der Waals surface area contributed by atoms with Crippen LogP contribution in [-0.4, -0.2) is 16.4 Å². The number of rotatable bonds is 2. The molecule has 2 N–H and O–H groups in total. The molecule has 0 radical (unpaired) electrons. The average molecular weight is 207 g/mol. The predicted octanol–water partition coefficient (Wildman–Crippen LogP) is 1.42. The van der Waals surface area contributed by atoms with Gasteiger partial charge in [0.1, 0.15) is 5.76 Å². The van der Waals surface area contributed by atoms with Crippen LogP contribution in [0.4, 0.5) is 0 Å². The first-order chi connectivity index (χ1) is 7.20. The van der Waals surface area contributed by atoms with E-state index in [4.69, 9.17) is 10.5 Å². The molecule has 15 heavy (non-hydrogen) atoms. The fraction of sp³-hybridized carbons (Fsp3) is 0.545. The van der Waals surface area contributed by atoms with E-state index in [-0.39, 0.29) is 6.04 Å². The first-order valence-electron chi connectivity index (χ1n) is 5.27. The molecule has 0 fully saturated rings. The van der Waals surface area contributed by atoms with Crippen LogP contribution in [0.25, 0.3) is 0 Å². The largest absolute Gasteiger partial charge is 0.496 e. The number of nitrogens with two attached hydrogens (primary N) is 1. The molecule has 4 nitrogen and oxygen atoms in total. The number of aryl methyl sites for hydroxylation is 1. The number of hydrogen-bond donors (Lipinski definition) is 1. The van der Waals surface area contributed by atoms with Crippen LogP contribution >= 0.6 is 0 Å². The van der Waals surface area contributed by atoms with Crippen LogP contribution < -0.4 is 5.73 Å². The summed E-state index contributed by atoms with van der Waals surface area (Å²) in [5.74, 6) is 0.886. The molecule has 1 aromatic rings. The number of ether oxygens (including phenoxy) is 1. The maximum atomic E-state index is 6.14.